The average Bonchev–Trinajstić information content (AvgIpc) is 2.75. The number of hydrogen-bond donors (Lipinski definition) is 2. The SMILES string of the molecule is CCc1ccccc1NC(=O)Cn1cc(N)cn1. The molecule has 0 bridgehead atoms. The van der Waals surface area contributed by atoms with Crippen molar-refractivity contribution in [2.75, 3.05) is 11.1 Å². The summed E-state index contributed by atoms with van der Waals surface area (Å²) in [6.07, 6.45) is 4.03. The van der Waals surface area contributed by atoms with Crippen molar-refractivity contribution in [3.05, 3.63) is 42.2 Å². The Kier molecular flexibility index (Phi) is 3.62. The van der Waals surface area contributed by atoms with Crippen LogP contribution < -0.4 is 11.1 Å². The Balaban J connectivity index is 2.03. The van der Waals surface area contributed by atoms with Gasteiger partial charge in [0.25, 0.3) is 0 Å². The molecule has 0 radical (unpaired) electrons. The number of aryl methyl sites for hydroxylation is 1. The fourth-order valence-electron chi connectivity index (χ4n) is 1.75. The minimum absolute atomic E-state index is 0.112. The molecule has 0 aliphatic carbocycles. The number of hydrogen-bond acceptors (Lipinski definition) is 3. The van der Waals surface area contributed by atoms with Crippen molar-refractivity contribution in [1.82, 2.24) is 9.78 Å². The molecule has 0 atom stereocenters. The van der Waals surface area contributed by atoms with Gasteiger partial charge in [0.15, 0.2) is 0 Å². The maximum Gasteiger partial charge on any atom is 0.246 e. The highest BCUT2D eigenvalue weighted by molar-refractivity contribution is 5.91. The zero-order chi connectivity index (χ0) is 13.0. The zero-order valence-electron chi connectivity index (χ0n) is 10.3. The molecule has 2 aromatic rings. The number of para-hydroxylation sites is 1. The molecule has 5 nitrogen and oxygen atoms in total. The largest absolute Gasteiger partial charge is 0.396 e. The zero-order valence-corrected chi connectivity index (χ0v) is 10.3. The topological polar surface area (TPSA) is 72.9 Å². The first-order valence-corrected chi connectivity index (χ1v) is 5.84. The van der Waals surface area contributed by atoms with Crippen LogP contribution in [0.15, 0.2) is 36.7 Å². The lowest BCUT2D eigenvalue weighted by molar-refractivity contribution is -0.116. The minimum Gasteiger partial charge on any atom is -0.396 e. The Morgan fingerprint density at radius 2 is 2.22 bits per heavy atom. The molecule has 0 aliphatic heterocycles. The van der Waals surface area contributed by atoms with Crippen molar-refractivity contribution < 1.29 is 4.79 Å². The van der Waals surface area contributed by atoms with E-state index in [1.807, 2.05) is 24.3 Å². The van der Waals surface area contributed by atoms with Crippen molar-refractivity contribution in [3.63, 3.8) is 0 Å². The standard InChI is InChI=1S/C13H16N4O/c1-2-10-5-3-4-6-12(10)16-13(18)9-17-8-11(14)7-15-17/h3-8H,2,9,14H2,1H3,(H,16,18). The van der Waals surface area contributed by atoms with Crippen LogP contribution in [0.25, 0.3) is 0 Å². The molecule has 0 fully saturated rings. The predicted octanol–water partition coefficient (Wildman–Crippen LogP) is 1.67. The van der Waals surface area contributed by atoms with Crippen molar-refractivity contribution >= 4 is 17.3 Å². The molecule has 0 saturated heterocycles. The summed E-state index contributed by atoms with van der Waals surface area (Å²) in [7, 11) is 0. The van der Waals surface area contributed by atoms with Gasteiger partial charge in [-0.15, -0.1) is 0 Å². The maximum atomic E-state index is 11.8. The molecule has 1 heterocycles. The van der Waals surface area contributed by atoms with Crippen LogP contribution in [0, 0.1) is 0 Å². The number of amides is 1. The van der Waals surface area contributed by atoms with Crippen molar-refractivity contribution in [2.45, 2.75) is 19.9 Å². The van der Waals surface area contributed by atoms with Gasteiger partial charge in [-0.25, -0.2) is 0 Å². The van der Waals surface area contributed by atoms with Crippen LogP contribution in [0.1, 0.15) is 12.5 Å². The highest BCUT2D eigenvalue weighted by atomic mass is 16.2. The molecule has 0 spiro atoms. The summed E-state index contributed by atoms with van der Waals surface area (Å²) in [4.78, 5) is 11.8. The van der Waals surface area contributed by atoms with Crippen molar-refractivity contribution in [1.29, 1.82) is 0 Å². The number of nitrogens with one attached hydrogen (secondary N) is 1. The molecule has 1 aromatic carbocycles. The van der Waals surface area contributed by atoms with Crippen LogP contribution in [0.2, 0.25) is 0 Å². The molecular weight excluding hydrogens is 228 g/mol. The Bertz CT molecular complexity index is 547. The number of anilines is 2. The molecule has 1 aromatic heterocycles. The number of benzene rings is 1. The number of aromatic nitrogens is 2. The molecular formula is C13H16N4O. The summed E-state index contributed by atoms with van der Waals surface area (Å²) in [6.45, 7) is 2.22. The lowest BCUT2D eigenvalue weighted by atomic mass is 10.1. The predicted molar refractivity (Wildman–Crippen MR) is 71.1 cm³/mol. The van der Waals surface area contributed by atoms with Crippen LogP contribution in [-0.2, 0) is 17.8 Å². The molecule has 94 valence electrons. The van der Waals surface area contributed by atoms with Crippen LogP contribution in [0.3, 0.4) is 0 Å². The Hall–Kier alpha value is -2.30. The van der Waals surface area contributed by atoms with Gasteiger partial charge in [0.05, 0.1) is 11.9 Å². The number of nitrogen functional groups attached to an aromatic ring is 1. The fraction of sp³-hybridized carbons (Fsp3) is 0.231. The molecule has 5 heteroatoms. The monoisotopic (exact) mass is 244 g/mol. The van der Waals surface area contributed by atoms with Crippen LogP contribution in [0.5, 0.6) is 0 Å². The van der Waals surface area contributed by atoms with E-state index in [2.05, 4.69) is 17.3 Å². The Labute approximate surface area is 106 Å². The molecule has 18 heavy (non-hydrogen) atoms. The maximum absolute atomic E-state index is 11.8. The lowest BCUT2D eigenvalue weighted by Crippen LogP contribution is -2.19. The average molecular weight is 244 g/mol. The lowest BCUT2D eigenvalue weighted by Gasteiger charge is -2.09. The molecule has 2 rings (SSSR count). The van der Waals surface area contributed by atoms with E-state index in [-0.39, 0.29) is 12.5 Å². The normalized spacial score (nSPS) is 10.3. The van der Waals surface area contributed by atoms with Crippen LogP contribution in [-0.4, -0.2) is 15.7 Å². The van der Waals surface area contributed by atoms with Gasteiger partial charge >= 0.3 is 0 Å². The van der Waals surface area contributed by atoms with Gasteiger partial charge in [-0.05, 0) is 18.1 Å². The van der Waals surface area contributed by atoms with Gasteiger partial charge in [-0.2, -0.15) is 5.10 Å². The third-order valence-corrected chi connectivity index (χ3v) is 2.63. The summed E-state index contributed by atoms with van der Waals surface area (Å²) < 4.78 is 1.51. The number of rotatable bonds is 4. The second-order valence-electron chi connectivity index (χ2n) is 4.03. The Morgan fingerprint density at radius 3 is 2.89 bits per heavy atom. The van der Waals surface area contributed by atoms with Crippen molar-refractivity contribution in [2.24, 2.45) is 0 Å². The summed E-state index contributed by atoms with van der Waals surface area (Å²) in [5.74, 6) is -0.112. The number of nitrogens with two attached hydrogens (primary N) is 1. The van der Waals surface area contributed by atoms with Gasteiger partial charge in [0.1, 0.15) is 6.54 Å². The van der Waals surface area contributed by atoms with Gasteiger partial charge < -0.3 is 11.1 Å². The van der Waals surface area contributed by atoms with E-state index in [1.165, 1.54) is 10.9 Å². The summed E-state index contributed by atoms with van der Waals surface area (Å²) in [5.41, 5.74) is 8.06. The minimum atomic E-state index is -0.112. The van der Waals surface area contributed by atoms with Gasteiger partial charge in [0, 0.05) is 11.9 Å². The molecule has 0 unspecified atom stereocenters. The quantitative estimate of drug-likeness (QED) is 0.859. The van der Waals surface area contributed by atoms with E-state index < -0.39 is 0 Å². The molecule has 3 N–H and O–H groups in total. The summed E-state index contributed by atoms with van der Waals surface area (Å²) in [6, 6.07) is 7.76. The van der Waals surface area contributed by atoms with E-state index in [9.17, 15) is 4.79 Å². The second kappa shape index (κ2) is 5.35. The van der Waals surface area contributed by atoms with Gasteiger partial charge in [-0.3, -0.25) is 9.48 Å². The van der Waals surface area contributed by atoms with Crippen LogP contribution in [0.4, 0.5) is 11.4 Å². The first kappa shape index (κ1) is 12.2. The third-order valence-electron chi connectivity index (χ3n) is 2.63. The molecule has 0 aliphatic rings. The fourth-order valence-corrected chi connectivity index (χ4v) is 1.75. The highest BCUT2D eigenvalue weighted by Crippen LogP contribution is 2.15. The highest BCUT2D eigenvalue weighted by Gasteiger charge is 2.06. The molecule has 1 amide bonds. The third kappa shape index (κ3) is 2.88. The van der Waals surface area contributed by atoms with Gasteiger partial charge in [0.2, 0.25) is 5.91 Å². The van der Waals surface area contributed by atoms with E-state index >= 15 is 0 Å². The smallest absolute Gasteiger partial charge is 0.246 e. The van der Waals surface area contributed by atoms with Crippen LogP contribution >= 0.6 is 0 Å². The first-order valence-electron chi connectivity index (χ1n) is 5.84. The van der Waals surface area contributed by atoms with E-state index in [0.29, 0.717) is 5.69 Å². The van der Waals surface area contributed by atoms with Gasteiger partial charge in [-0.1, -0.05) is 25.1 Å². The molecule has 0 saturated carbocycles. The second-order valence-corrected chi connectivity index (χ2v) is 4.03. The Morgan fingerprint density at radius 1 is 1.44 bits per heavy atom. The van der Waals surface area contributed by atoms with E-state index in [0.717, 1.165) is 17.7 Å². The number of nitrogens with zero attached hydrogens (tertiary/aromatic N) is 2. The number of carbonyl (C=O) groups is 1. The first-order chi connectivity index (χ1) is 8.69. The number of carbonyl (C=O) groups excluding carboxylic acids is 1. The summed E-state index contributed by atoms with van der Waals surface area (Å²) >= 11 is 0. The van der Waals surface area contributed by atoms with E-state index in [1.54, 1.807) is 6.20 Å². The van der Waals surface area contributed by atoms with E-state index in [4.69, 9.17) is 5.73 Å². The summed E-state index contributed by atoms with van der Waals surface area (Å²) in [5, 5.41) is 6.85. The van der Waals surface area contributed by atoms with Crippen molar-refractivity contribution in [3.8, 4) is 0 Å².